The first-order valence-electron chi connectivity index (χ1n) is 5.88. The van der Waals surface area contributed by atoms with Crippen molar-refractivity contribution < 1.29 is 13.2 Å². The Morgan fingerprint density at radius 2 is 1.84 bits per heavy atom. The lowest BCUT2D eigenvalue weighted by Gasteiger charge is -2.15. The fourth-order valence-electron chi connectivity index (χ4n) is 2.20. The molecule has 0 saturated heterocycles. The minimum Gasteiger partial charge on any atom is -0.253 e. The van der Waals surface area contributed by atoms with Crippen LogP contribution in [0.5, 0.6) is 0 Å². The number of nitrogens with zero attached hydrogens (tertiary/aromatic N) is 1. The maximum Gasteiger partial charge on any atom is 0.416 e. The van der Waals surface area contributed by atoms with Gasteiger partial charge in [-0.1, -0.05) is 25.4 Å². The van der Waals surface area contributed by atoms with E-state index in [-0.39, 0.29) is 5.92 Å². The Morgan fingerprint density at radius 3 is 2.37 bits per heavy atom. The zero-order valence-electron chi connectivity index (χ0n) is 10.8. The van der Waals surface area contributed by atoms with Crippen molar-refractivity contribution >= 4 is 22.5 Å². The van der Waals surface area contributed by atoms with Gasteiger partial charge in [0.15, 0.2) is 0 Å². The lowest BCUT2D eigenvalue weighted by Crippen LogP contribution is -2.05. The summed E-state index contributed by atoms with van der Waals surface area (Å²) in [6, 6.07) is 3.46. The molecule has 0 radical (unpaired) electrons. The summed E-state index contributed by atoms with van der Waals surface area (Å²) in [6.07, 6.45) is -4.37. The van der Waals surface area contributed by atoms with Crippen molar-refractivity contribution in [3.05, 3.63) is 40.0 Å². The maximum atomic E-state index is 12.7. The van der Waals surface area contributed by atoms with Crippen molar-refractivity contribution in [3.63, 3.8) is 0 Å². The van der Waals surface area contributed by atoms with E-state index in [9.17, 15) is 13.2 Å². The van der Waals surface area contributed by atoms with E-state index in [0.29, 0.717) is 15.9 Å². The van der Waals surface area contributed by atoms with Crippen molar-refractivity contribution in [2.45, 2.75) is 32.9 Å². The van der Waals surface area contributed by atoms with Gasteiger partial charge < -0.3 is 0 Å². The number of aryl methyl sites for hydroxylation is 1. The van der Waals surface area contributed by atoms with Gasteiger partial charge in [0.25, 0.3) is 0 Å². The molecule has 0 unspecified atom stereocenters. The molecule has 0 N–H and O–H groups in total. The summed E-state index contributed by atoms with van der Waals surface area (Å²) in [6.45, 7) is 5.70. The molecule has 0 amide bonds. The van der Waals surface area contributed by atoms with Crippen LogP contribution in [0.25, 0.3) is 10.9 Å². The molecule has 1 aromatic heterocycles. The van der Waals surface area contributed by atoms with E-state index >= 15 is 0 Å². The smallest absolute Gasteiger partial charge is 0.253 e. The van der Waals surface area contributed by atoms with Gasteiger partial charge in [-0.25, -0.2) is 0 Å². The summed E-state index contributed by atoms with van der Waals surface area (Å²) < 4.78 is 38.2. The third-order valence-corrected chi connectivity index (χ3v) is 3.46. The summed E-state index contributed by atoms with van der Waals surface area (Å²) in [5.74, 6) is 0.110. The van der Waals surface area contributed by atoms with Crippen LogP contribution in [0, 0.1) is 6.92 Å². The Kier molecular flexibility index (Phi) is 3.47. The highest BCUT2D eigenvalue weighted by molar-refractivity contribution is 6.36. The first kappa shape index (κ1) is 14.1. The Labute approximate surface area is 114 Å². The number of rotatable bonds is 1. The predicted octanol–water partition coefficient (Wildman–Crippen LogP) is 5.34. The third-order valence-electron chi connectivity index (χ3n) is 3.05. The lowest BCUT2D eigenvalue weighted by molar-refractivity contribution is -0.137. The fraction of sp³-hybridized carbons (Fsp3) is 0.357. The highest BCUT2D eigenvalue weighted by Gasteiger charge is 2.31. The van der Waals surface area contributed by atoms with Gasteiger partial charge in [0.1, 0.15) is 0 Å². The molecule has 5 heteroatoms. The van der Waals surface area contributed by atoms with Gasteiger partial charge in [0.05, 0.1) is 16.1 Å². The second-order valence-electron chi connectivity index (χ2n) is 4.81. The molecule has 0 spiro atoms. The molecule has 0 bridgehead atoms. The number of benzene rings is 1. The van der Waals surface area contributed by atoms with Crippen molar-refractivity contribution in [1.82, 2.24) is 4.98 Å². The molecule has 0 fully saturated rings. The topological polar surface area (TPSA) is 12.9 Å². The van der Waals surface area contributed by atoms with Crippen LogP contribution < -0.4 is 0 Å². The van der Waals surface area contributed by atoms with E-state index in [1.54, 1.807) is 0 Å². The van der Waals surface area contributed by atoms with Crippen LogP contribution in [0.1, 0.15) is 36.6 Å². The number of aromatic nitrogens is 1. The molecule has 19 heavy (non-hydrogen) atoms. The summed E-state index contributed by atoms with van der Waals surface area (Å²) in [7, 11) is 0. The molecule has 0 atom stereocenters. The summed E-state index contributed by atoms with van der Waals surface area (Å²) in [5.41, 5.74) is 1.34. The molecule has 0 aliphatic rings. The highest BCUT2D eigenvalue weighted by Crippen LogP contribution is 2.36. The van der Waals surface area contributed by atoms with Gasteiger partial charge in [0.2, 0.25) is 0 Å². The minimum atomic E-state index is -4.37. The maximum absolute atomic E-state index is 12.7. The standard InChI is InChI=1S/C14H13ClF3N/c1-7(2)12-8(3)19-11-5-4-9(14(16,17)18)6-10(11)13(12)15/h4-7H,1-3H3. The second kappa shape index (κ2) is 4.67. The fourth-order valence-corrected chi connectivity index (χ4v) is 2.71. The van der Waals surface area contributed by atoms with Crippen molar-refractivity contribution in [3.8, 4) is 0 Å². The minimum absolute atomic E-state index is 0.110. The largest absolute Gasteiger partial charge is 0.416 e. The number of hydrogen-bond acceptors (Lipinski definition) is 1. The monoisotopic (exact) mass is 287 g/mol. The lowest BCUT2D eigenvalue weighted by atomic mass is 9.98. The van der Waals surface area contributed by atoms with E-state index < -0.39 is 11.7 Å². The molecule has 0 aliphatic carbocycles. The Morgan fingerprint density at radius 1 is 1.21 bits per heavy atom. The number of halogens is 4. The van der Waals surface area contributed by atoms with E-state index in [1.165, 1.54) is 6.07 Å². The van der Waals surface area contributed by atoms with Crippen LogP contribution in [0.15, 0.2) is 18.2 Å². The SMILES string of the molecule is Cc1nc2ccc(C(F)(F)F)cc2c(Cl)c1C(C)C. The highest BCUT2D eigenvalue weighted by atomic mass is 35.5. The van der Waals surface area contributed by atoms with Gasteiger partial charge in [-0.3, -0.25) is 4.98 Å². The Hall–Kier alpha value is -1.29. The van der Waals surface area contributed by atoms with Crippen LogP contribution in [0.2, 0.25) is 5.02 Å². The van der Waals surface area contributed by atoms with Crippen LogP contribution in [0.4, 0.5) is 13.2 Å². The number of hydrogen-bond donors (Lipinski definition) is 0. The molecule has 1 aromatic carbocycles. The molecule has 1 nitrogen and oxygen atoms in total. The molecule has 0 aliphatic heterocycles. The second-order valence-corrected chi connectivity index (χ2v) is 5.19. The molecular formula is C14H13ClF3N. The average Bonchev–Trinajstić information content (AvgIpc) is 2.26. The zero-order valence-corrected chi connectivity index (χ0v) is 11.5. The number of fused-ring (bicyclic) bond motifs is 1. The van der Waals surface area contributed by atoms with Gasteiger partial charge in [-0.15, -0.1) is 0 Å². The molecule has 0 saturated carbocycles. The van der Waals surface area contributed by atoms with Gasteiger partial charge in [-0.2, -0.15) is 13.2 Å². The van der Waals surface area contributed by atoms with Gasteiger partial charge in [-0.05, 0) is 36.6 Å². The predicted molar refractivity (Wildman–Crippen MR) is 70.6 cm³/mol. The van der Waals surface area contributed by atoms with Crippen LogP contribution in [-0.4, -0.2) is 4.98 Å². The first-order valence-corrected chi connectivity index (χ1v) is 6.26. The van der Waals surface area contributed by atoms with Gasteiger partial charge >= 0.3 is 6.18 Å². The summed E-state index contributed by atoms with van der Waals surface area (Å²) in [4.78, 5) is 4.33. The van der Waals surface area contributed by atoms with E-state index in [2.05, 4.69) is 4.98 Å². The van der Waals surface area contributed by atoms with Crippen molar-refractivity contribution in [2.24, 2.45) is 0 Å². The zero-order chi connectivity index (χ0) is 14.4. The van der Waals surface area contributed by atoms with E-state index in [0.717, 1.165) is 23.4 Å². The number of pyridine rings is 1. The average molecular weight is 288 g/mol. The van der Waals surface area contributed by atoms with Crippen LogP contribution >= 0.6 is 11.6 Å². The molecule has 102 valence electrons. The normalized spacial score (nSPS) is 12.4. The molecule has 2 aromatic rings. The number of alkyl halides is 3. The van der Waals surface area contributed by atoms with Crippen molar-refractivity contribution in [2.75, 3.05) is 0 Å². The van der Waals surface area contributed by atoms with Crippen LogP contribution in [0.3, 0.4) is 0 Å². The Balaban J connectivity index is 2.78. The van der Waals surface area contributed by atoms with Gasteiger partial charge in [0, 0.05) is 11.1 Å². The first-order chi connectivity index (χ1) is 8.71. The molecule has 1 heterocycles. The van der Waals surface area contributed by atoms with Crippen molar-refractivity contribution in [1.29, 1.82) is 0 Å². The summed E-state index contributed by atoms with van der Waals surface area (Å²) >= 11 is 6.26. The molecule has 2 rings (SSSR count). The molecular weight excluding hydrogens is 275 g/mol. The Bertz CT molecular complexity index is 633. The van der Waals surface area contributed by atoms with Crippen LogP contribution in [-0.2, 0) is 6.18 Å². The summed E-state index contributed by atoms with van der Waals surface area (Å²) in [5, 5.41) is 0.717. The third kappa shape index (κ3) is 2.54. The quantitative estimate of drug-likeness (QED) is 0.690. The van der Waals surface area contributed by atoms with E-state index in [1.807, 2.05) is 20.8 Å². The van der Waals surface area contributed by atoms with E-state index in [4.69, 9.17) is 11.6 Å².